The summed E-state index contributed by atoms with van der Waals surface area (Å²) in [5.41, 5.74) is 0.859. The highest BCUT2D eigenvalue weighted by atomic mass is 79.9. The first kappa shape index (κ1) is 11.7. The van der Waals surface area contributed by atoms with Gasteiger partial charge in [-0.3, -0.25) is 0 Å². The molecule has 0 saturated heterocycles. The number of carboxylic acids is 1. The smallest absolute Gasteiger partial charge is 0.329 e. The summed E-state index contributed by atoms with van der Waals surface area (Å²) in [5, 5.41) is 13.6. The SMILES string of the molecule is O=C(O)/C=C/Nc1ccc2cc(Br)ccc2c1. The Balaban J connectivity index is 2.26. The van der Waals surface area contributed by atoms with Crippen LogP contribution < -0.4 is 5.32 Å². The standard InChI is InChI=1S/C13H10BrNO2/c14-11-3-1-10-8-12(4-2-9(10)7-11)15-6-5-13(16)17/h1-8,15H,(H,16,17)/b6-5+. The zero-order valence-corrected chi connectivity index (χ0v) is 10.4. The second-order valence-corrected chi connectivity index (χ2v) is 4.44. The highest BCUT2D eigenvalue weighted by molar-refractivity contribution is 9.10. The van der Waals surface area contributed by atoms with Gasteiger partial charge in [-0.15, -0.1) is 0 Å². The summed E-state index contributed by atoms with van der Waals surface area (Å²) in [6.07, 6.45) is 2.47. The predicted octanol–water partition coefficient (Wildman–Crippen LogP) is 3.61. The number of nitrogens with one attached hydrogen (secondary N) is 1. The van der Waals surface area contributed by atoms with E-state index in [1.807, 2.05) is 36.4 Å². The van der Waals surface area contributed by atoms with E-state index in [-0.39, 0.29) is 0 Å². The number of fused-ring (bicyclic) bond motifs is 1. The van der Waals surface area contributed by atoms with Crippen molar-refractivity contribution in [3.63, 3.8) is 0 Å². The number of hydrogen-bond acceptors (Lipinski definition) is 2. The molecule has 0 saturated carbocycles. The topological polar surface area (TPSA) is 49.3 Å². The number of rotatable bonds is 3. The highest BCUT2D eigenvalue weighted by Gasteiger charge is 1.96. The molecule has 0 aliphatic rings. The summed E-state index contributed by atoms with van der Waals surface area (Å²) in [5.74, 6) is -0.970. The molecule has 17 heavy (non-hydrogen) atoms. The molecular weight excluding hydrogens is 282 g/mol. The number of carbonyl (C=O) groups is 1. The molecule has 0 unspecified atom stereocenters. The zero-order valence-electron chi connectivity index (χ0n) is 8.85. The van der Waals surface area contributed by atoms with Crippen LogP contribution in [0.5, 0.6) is 0 Å². The lowest BCUT2D eigenvalue weighted by Gasteiger charge is -2.03. The number of benzene rings is 2. The Labute approximate surface area is 107 Å². The molecule has 2 N–H and O–H groups in total. The maximum absolute atomic E-state index is 10.3. The van der Waals surface area contributed by atoms with Crippen LogP contribution in [0.15, 0.2) is 53.1 Å². The van der Waals surface area contributed by atoms with Crippen LogP contribution in [0.2, 0.25) is 0 Å². The largest absolute Gasteiger partial charge is 0.478 e. The maximum Gasteiger partial charge on any atom is 0.329 e. The number of anilines is 1. The first-order valence-electron chi connectivity index (χ1n) is 5.00. The minimum Gasteiger partial charge on any atom is -0.478 e. The van der Waals surface area contributed by atoms with Crippen LogP contribution in [0.25, 0.3) is 10.8 Å². The third-order valence-electron chi connectivity index (χ3n) is 2.28. The van der Waals surface area contributed by atoms with Crippen molar-refractivity contribution in [3.8, 4) is 0 Å². The summed E-state index contributed by atoms with van der Waals surface area (Å²) in [6.45, 7) is 0. The Bertz CT molecular complexity index is 593. The van der Waals surface area contributed by atoms with Gasteiger partial charge >= 0.3 is 5.97 Å². The summed E-state index contributed by atoms with van der Waals surface area (Å²) in [6, 6.07) is 11.9. The van der Waals surface area contributed by atoms with Crippen LogP contribution >= 0.6 is 15.9 Å². The fourth-order valence-electron chi connectivity index (χ4n) is 1.52. The molecule has 0 aliphatic heterocycles. The average Bonchev–Trinajstić information content (AvgIpc) is 2.29. The lowest BCUT2D eigenvalue weighted by atomic mass is 10.1. The lowest BCUT2D eigenvalue weighted by Crippen LogP contribution is -1.92. The normalized spacial score (nSPS) is 10.9. The quantitative estimate of drug-likeness (QED) is 0.850. The van der Waals surface area contributed by atoms with Gasteiger partial charge in [-0.25, -0.2) is 4.79 Å². The van der Waals surface area contributed by atoms with Gasteiger partial charge < -0.3 is 10.4 Å². The molecule has 2 rings (SSSR count). The molecule has 2 aromatic rings. The van der Waals surface area contributed by atoms with Gasteiger partial charge in [-0.2, -0.15) is 0 Å². The number of carboxylic acid groups (broad SMARTS) is 1. The molecular formula is C13H10BrNO2. The number of halogens is 1. The van der Waals surface area contributed by atoms with Gasteiger partial charge in [-0.1, -0.05) is 28.1 Å². The maximum atomic E-state index is 10.3. The first-order valence-corrected chi connectivity index (χ1v) is 5.80. The van der Waals surface area contributed by atoms with E-state index in [0.29, 0.717) is 0 Å². The van der Waals surface area contributed by atoms with Crippen molar-refractivity contribution in [2.24, 2.45) is 0 Å². The monoisotopic (exact) mass is 291 g/mol. The molecule has 0 radical (unpaired) electrons. The van der Waals surface area contributed by atoms with Crippen molar-refractivity contribution in [2.45, 2.75) is 0 Å². The molecule has 0 amide bonds. The minimum absolute atomic E-state index is 0.859. The van der Waals surface area contributed by atoms with Crippen LogP contribution in [0.4, 0.5) is 5.69 Å². The van der Waals surface area contributed by atoms with Gasteiger partial charge in [-0.05, 0) is 35.0 Å². The molecule has 0 spiro atoms. The second kappa shape index (κ2) is 5.01. The molecule has 2 aromatic carbocycles. The highest BCUT2D eigenvalue weighted by Crippen LogP contribution is 2.22. The molecule has 3 nitrogen and oxygen atoms in total. The Kier molecular flexibility index (Phi) is 3.44. The predicted molar refractivity (Wildman–Crippen MR) is 72.0 cm³/mol. The third-order valence-corrected chi connectivity index (χ3v) is 2.77. The van der Waals surface area contributed by atoms with E-state index in [1.54, 1.807) is 0 Å². The van der Waals surface area contributed by atoms with E-state index in [1.165, 1.54) is 6.20 Å². The fourth-order valence-corrected chi connectivity index (χ4v) is 1.89. The van der Waals surface area contributed by atoms with Gasteiger partial charge in [0.15, 0.2) is 0 Å². The van der Waals surface area contributed by atoms with Crippen LogP contribution in [0, 0.1) is 0 Å². The molecule has 0 fully saturated rings. The Morgan fingerprint density at radius 3 is 2.65 bits per heavy atom. The van der Waals surface area contributed by atoms with Gasteiger partial charge in [0, 0.05) is 22.4 Å². The van der Waals surface area contributed by atoms with Gasteiger partial charge in [0.1, 0.15) is 0 Å². The molecule has 0 heterocycles. The van der Waals surface area contributed by atoms with Crippen molar-refractivity contribution in [3.05, 3.63) is 53.1 Å². The number of hydrogen-bond donors (Lipinski definition) is 2. The van der Waals surface area contributed by atoms with Crippen molar-refractivity contribution in [1.82, 2.24) is 0 Å². The third kappa shape index (κ3) is 3.07. The van der Waals surface area contributed by atoms with Gasteiger partial charge in [0.2, 0.25) is 0 Å². The Hall–Kier alpha value is -1.81. The van der Waals surface area contributed by atoms with E-state index in [9.17, 15) is 4.79 Å². The summed E-state index contributed by atoms with van der Waals surface area (Å²) < 4.78 is 1.04. The summed E-state index contributed by atoms with van der Waals surface area (Å²) in [4.78, 5) is 10.3. The fraction of sp³-hybridized carbons (Fsp3) is 0. The molecule has 4 heteroatoms. The van der Waals surface area contributed by atoms with Crippen molar-refractivity contribution < 1.29 is 9.90 Å². The van der Waals surface area contributed by atoms with Crippen LogP contribution in [0.3, 0.4) is 0 Å². The minimum atomic E-state index is -0.970. The van der Waals surface area contributed by atoms with E-state index >= 15 is 0 Å². The zero-order chi connectivity index (χ0) is 12.3. The second-order valence-electron chi connectivity index (χ2n) is 3.52. The van der Waals surface area contributed by atoms with Crippen LogP contribution in [-0.4, -0.2) is 11.1 Å². The van der Waals surface area contributed by atoms with E-state index < -0.39 is 5.97 Å². The van der Waals surface area contributed by atoms with Gasteiger partial charge in [0.05, 0.1) is 0 Å². The van der Waals surface area contributed by atoms with Crippen molar-refractivity contribution >= 4 is 38.4 Å². The Morgan fingerprint density at radius 2 is 1.88 bits per heavy atom. The Morgan fingerprint density at radius 1 is 1.18 bits per heavy atom. The molecule has 0 aliphatic carbocycles. The van der Waals surface area contributed by atoms with E-state index in [2.05, 4.69) is 21.2 Å². The molecule has 86 valence electrons. The van der Waals surface area contributed by atoms with E-state index in [4.69, 9.17) is 5.11 Å². The lowest BCUT2D eigenvalue weighted by molar-refractivity contribution is -0.131. The summed E-state index contributed by atoms with van der Waals surface area (Å²) >= 11 is 3.42. The number of aliphatic carboxylic acids is 1. The van der Waals surface area contributed by atoms with Crippen molar-refractivity contribution in [2.75, 3.05) is 5.32 Å². The molecule has 0 atom stereocenters. The van der Waals surface area contributed by atoms with Crippen molar-refractivity contribution in [1.29, 1.82) is 0 Å². The average molecular weight is 292 g/mol. The molecule has 0 aromatic heterocycles. The van der Waals surface area contributed by atoms with E-state index in [0.717, 1.165) is 27.0 Å². The molecule has 0 bridgehead atoms. The van der Waals surface area contributed by atoms with Crippen LogP contribution in [-0.2, 0) is 4.79 Å². The first-order chi connectivity index (χ1) is 8.15. The van der Waals surface area contributed by atoms with Crippen LogP contribution in [0.1, 0.15) is 0 Å². The summed E-state index contributed by atoms with van der Waals surface area (Å²) in [7, 11) is 0. The van der Waals surface area contributed by atoms with Gasteiger partial charge in [0.25, 0.3) is 0 Å².